The molecule has 7 heteroatoms. The van der Waals surface area contributed by atoms with Crippen molar-refractivity contribution in [3.8, 4) is 0 Å². The third-order valence-electron chi connectivity index (χ3n) is 3.71. The van der Waals surface area contributed by atoms with E-state index in [4.69, 9.17) is 0 Å². The molecular formula is C19H19F3N2O2. The first kappa shape index (κ1) is 19.5. The van der Waals surface area contributed by atoms with E-state index >= 15 is 0 Å². The van der Waals surface area contributed by atoms with E-state index in [0.717, 1.165) is 10.8 Å². The lowest BCUT2D eigenvalue weighted by atomic mass is 10.1. The smallest absolute Gasteiger partial charge is 0.352 e. The molecule has 0 aliphatic heterocycles. The van der Waals surface area contributed by atoms with Crippen LogP contribution >= 0.6 is 0 Å². The molecule has 0 aliphatic carbocycles. The number of fused-ring (bicyclic) bond motifs is 1. The Morgan fingerprint density at radius 2 is 1.81 bits per heavy atom. The molecule has 0 aromatic heterocycles. The average molecular weight is 364 g/mol. The number of halogens is 3. The van der Waals surface area contributed by atoms with Crippen molar-refractivity contribution in [2.75, 3.05) is 19.6 Å². The molecule has 26 heavy (non-hydrogen) atoms. The summed E-state index contributed by atoms with van der Waals surface area (Å²) in [5.74, 6) is -1.07. The molecule has 0 radical (unpaired) electrons. The Morgan fingerprint density at radius 1 is 1.12 bits per heavy atom. The van der Waals surface area contributed by atoms with E-state index < -0.39 is 18.6 Å². The van der Waals surface area contributed by atoms with Crippen LogP contribution in [0.15, 0.2) is 55.1 Å². The molecule has 0 atom stereocenters. The van der Waals surface area contributed by atoms with Gasteiger partial charge < -0.3 is 10.2 Å². The van der Waals surface area contributed by atoms with Crippen molar-refractivity contribution in [1.82, 2.24) is 10.2 Å². The number of benzene rings is 2. The molecular weight excluding hydrogens is 345 g/mol. The van der Waals surface area contributed by atoms with Crippen LogP contribution in [-0.2, 0) is 4.79 Å². The van der Waals surface area contributed by atoms with Crippen LogP contribution < -0.4 is 5.32 Å². The average Bonchev–Trinajstić information content (AvgIpc) is 2.59. The maximum atomic E-state index is 12.5. The minimum Gasteiger partial charge on any atom is -0.352 e. The molecule has 2 rings (SSSR count). The van der Waals surface area contributed by atoms with Crippen molar-refractivity contribution in [3.05, 3.63) is 60.7 Å². The van der Waals surface area contributed by atoms with E-state index in [1.165, 1.54) is 6.08 Å². The maximum Gasteiger partial charge on any atom is 0.406 e. The van der Waals surface area contributed by atoms with Crippen LogP contribution in [0.3, 0.4) is 0 Å². The SMILES string of the molecule is C=CCN(CC(F)(F)F)C(=O)CCNC(=O)c1ccc2ccccc2c1. The zero-order valence-electron chi connectivity index (χ0n) is 14.1. The van der Waals surface area contributed by atoms with Gasteiger partial charge in [0.2, 0.25) is 5.91 Å². The fraction of sp³-hybridized carbons (Fsp3) is 0.263. The second-order valence-corrected chi connectivity index (χ2v) is 5.75. The van der Waals surface area contributed by atoms with E-state index in [9.17, 15) is 22.8 Å². The summed E-state index contributed by atoms with van der Waals surface area (Å²) in [7, 11) is 0. The summed E-state index contributed by atoms with van der Waals surface area (Å²) in [6.07, 6.45) is -3.46. The highest BCUT2D eigenvalue weighted by Gasteiger charge is 2.32. The monoisotopic (exact) mass is 364 g/mol. The number of rotatable bonds is 7. The lowest BCUT2D eigenvalue weighted by Gasteiger charge is -2.22. The number of alkyl halides is 3. The van der Waals surface area contributed by atoms with E-state index in [1.807, 2.05) is 30.3 Å². The molecule has 0 unspecified atom stereocenters. The summed E-state index contributed by atoms with van der Waals surface area (Å²) in [6.45, 7) is 1.78. The zero-order chi connectivity index (χ0) is 19.2. The highest BCUT2D eigenvalue weighted by Crippen LogP contribution is 2.17. The van der Waals surface area contributed by atoms with Gasteiger partial charge in [-0.2, -0.15) is 13.2 Å². The quantitative estimate of drug-likeness (QED) is 0.764. The van der Waals surface area contributed by atoms with Crippen LogP contribution in [0.4, 0.5) is 13.2 Å². The van der Waals surface area contributed by atoms with Gasteiger partial charge in [0.1, 0.15) is 6.54 Å². The van der Waals surface area contributed by atoms with E-state index in [1.54, 1.807) is 12.1 Å². The highest BCUT2D eigenvalue weighted by atomic mass is 19.4. The molecule has 0 fully saturated rings. The Morgan fingerprint density at radius 3 is 2.46 bits per heavy atom. The first-order chi connectivity index (χ1) is 12.3. The van der Waals surface area contributed by atoms with Crippen molar-refractivity contribution < 1.29 is 22.8 Å². The molecule has 0 aliphatic rings. The Kier molecular flexibility index (Phi) is 6.38. The van der Waals surface area contributed by atoms with Gasteiger partial charge in [-0.1, -0.05) is 36.4 Å². The fourth-order valence-electron chi connectivity index (χ4n) is 2.50. The van der Waals surface area contributed by atoms with Crippen molar-refractivity contribution in [3.63, 3.8) is 0 Å². The Bertz CT molecular complexity index is 803. The maximum absolute atomic E-state index is 12.5. The molecule has 2 amide bonds. The highest BCUT2D eigenvalue weighted by molar-refractivity contribution is 5.98. The minimum absolute atomic E-state index is 0.0456. The molecule has 138 valence electrons. The molecule has 0 saturated carbocycles. The molecule has 2 aromatic carbocycles. The fourth-order valence-corrected chi connectivity index (χ4v) is 2.50. The van der Waals surface area contributed by atoms with Crippen LogP contribution in [0.1, 0.15) is 16.8 Å². The molecule has 0 bridgehead atoms. The van der Waals surface area contributed by atoms with Gasteiger partial charge in [0.05, 0.1) is 0 Å². The van der Waals surface area contributed by atoms with Gasteiger partial charge in [0.25, 0.3) is 5.91 Å². The summed E-state index contributed by atoms with van der Waals surface area (Å²) in [5, 5.41) is 4.45. The standard InChI is InChI=1S/C19H19F3N2O2/c1-2-11-24(13-19(20,21)22)17(25)9-10-23-18(26)16-8-7-14-5-3-4-6-15(14)12-16/h2-8,12H,1,9-11,13H2,(H,23,26). The molecule has 0 spiro atoms. The van der Waals surface area contributed by atoms with Gasteiger partial charge in [-0.15, -0.1) is 6.58 Å². The Labute approximate surface area is 149 Å². The van der Waals surface area contributed by atoms with Crippen LogP contribution in [0.25, 0.3) is 10.8 Å². The first-order valence-electron chi connectivity index (χ1n) is 8.02. The molecule has 0 heterocycles. The summed E-state index contributed by atoms with van der Waals surface area (Å²) in [4.78, 5) is 24.8. The molecule has 2 aromatic rings. The third kappa shape index (κ3) is 5.61. The van der Waals surface area contributed by atoms with E-state index in [2.05, 4.69) is 11.9 Å². The number of nitrogens with one attached hydrogen (secondary N) is 1. The minimum atomic E-state index is -4.48. The van der Waals surface area contributed by atoms with Crippen molar-refractivity contribution in [1.29, 1.82) is 0 Å². The number of carbonyl (C=O) groups excluding carboxylic acids is 2. The van der Waals surface area contributed by atoms with Gasteiger partial charge in [-0.25, -0.2) is 0 Å². The largest absolute Gasteiger partial charge is 0.406 e. The molecule has 4 nitrogen and oxygen atoms in total. The number of nitrogens with zero attached hydrogens (tertiary/aromatic N) is 1. The van der Waals surface area contributed by atoms with Gasteiger partial charge >= 0.3 is 6.18 Å². The van der Waals surface area contributed by atoms with Crippen LogP contribution in [0.2, 0.25) is 0 Å². The summed E-state index contributed by atoms with van der Waals surface area (Å²) >= 11 is 0. The normalized spacial score (nSPS) is 11.2. The van der Waals surface area contributed by atoms with Gasteiger partial charge in [0, 0.05) is 25.1 Å². The van der Waals surface area contributed by atoms with E-state index in [-0.39, 0.29) is 25.4 Å². The second kappa shape index (κ2) is 8.51. The Balaban J connectivity index is 1.91. The number of amides is 2. The number of carbonyl (C=O) groups is 2. The third-order valence-corrected chi connectivity index (χ3v) is 3.71. The van der Waals surface area contributed by atoms with Crippen molar-refractivity contribution in [2.45, 2.75) is 12.6 Å². The summed E-state index contributed by atoms with van der Waals surface area (Å²) in [6, 6.07) is 12.7. The predicted octanol–water partition coefficient (Wildman–Crippen LogP) is 3.54. The van der Waals surface area contributed by atoms with Crippen LogP contribution in [-0.4, -0.2) is 42.5 Å². The number of hydrogen-bond donors (Lipinski definition) is 1. The summed E-state index contributed by atoms with van der Waals surface area (Å²) < 4.78 is 37.5. The lowest BCUT2D eigenvalue weighted by Crippen LogP contribution is -2.40. The van der Waals surface area contributed by atoms with Gasteiger partial charge in [-0.05, 0) is 22.9 Å². The predicted molar refractivity (Wildman–Crippen MR) is 93.7 cm³/mol. The first-order valence-corrected chi connectivity index (χ1v) is 8.02. The van der Waals surface area contributed by atoms with Crippen LogP contribution in [0, 0.1) is 0 Å². The molecule has 0 saturated heterocycles. The second-order valence-electron chi connectivity index (χ2n) is 5.75. The van der Waals surface area contributed by atoms with Gasteiger partial charge in [-0.3, -0.25) is 9.59 Å². The Hall–Kier alpha value is -2.83. The van der Waals surface area contributed by atoms with Gasteiger partial charge in [0.15, 0.2) is 0 Å². The van der Waals surface area contributed by atoms with Crippen molar-refractivity contribution >= 4 is 22.6 Å². The zero-order valence-corrected chi connectivity index (χ0v) is 14.1. The molecule has 1 N–H and O–H groups in total. The summed E-state index contributed by atoms with van der Waals surface area (Å²) in [5.41, 5.74) is 0.425. The van der Waals surface area contributed by atoms with E-state index in [0.29, 0.717) is 10.5 Å². The van der Waals surface area contributed by atoms with Crippen molar-refractivity contribution in [2.24, 2.45) is 0 Å². The van der Waals surface area contributed by atoms with Crippen LogP contribution in [0.5, 0.6) is 0 Å². The lowest BCUT2D eigenvalue weighted by molar-refractivity contribution is -0.160. The number of hydrogen-bond acceptors (Lipinski definition) is 2. The topological polar surface area (TPSA) is 49.4 Å².